The van der Waals surface area contributed by atoms with Crippen molar-refractivity contribution in [1.29, 1.82) is 0 Å². The molecule has 100 valence electrons. The fraction of sp³-hybridized carbons (Fsp3) is 0.231. The number of rotatable bonds is 4. The lowest BCUT2D eigenvalue weighted by Crippen LogP contribution is -2.28. The minimum absolute atomic E-state index is 0.102. The number of carbonyl (C=O) groups excluding carboxylic acids is 1. The molecule has 0 bridgehead atoms. The highest BCUT2D eigenvalue weighted by molar-refractivity contribution is 14.1. The van der Waals surface area contributed by atoms with Crippen molar-refractivity contribution < 1.29 is 4.79 Å². The Hall–Kier alpha value is -0.660. The van der Waals surface area contributed by atoms with E-state index in [4.69, 9.17) is 11.6 Å². The highest BCUT2D eigenvalue weighted by Crippen LogP contribution is 2.19. The summed E-state index contributed by atoms with van der Waals surface area (Å²) in [7, 11) is 0. The molecule has 0 saturated carbocycles. The van der Waals surface area contributed by atoms with Crippen molar-refractivity contribution in [1.82, 2.24) is 10.3 Å². The maximum atomic E-state index is 12.1. The smallest absolute Gasteiger partial charge is 0.252 e. The molecule has 1 amide bonds. The van der Waals surface area contributed by atoms with Crippen LogP contribution in [0, 0.1) is 3.57 Å². The fourth-order valence-electron chi connectivity index (χ4n) is 1.58. The Kier molecular flexibility index (Phi) is 5.18. The van der Waals surface area contributed by atoms with E-state index < -0.39 is 0 Å². The summed E-state index contributed by atoms with van der Waals surface area (Å²) in [5.74, 6) is 0.108. The molecule has 1 atom stereocenters. The molecule has 0 aliphatic carbocycles. The number of halogens is 2. The van der Waals surface area contributed by atoms with Crippen molar-refractivity contribution in [2.45, 2.75) is 12.8 Å². The molecule has 1 N–H and O–H groups in total. The molecule has 19 heavy (non-hydrogen) atoms. The summed E-state index contributed by atoms with van der Waals surface area (Å²) in [6, 6.07) is 5.30. The molecule has 1 aromatic heterocycles. The van der Waals surface area contributed by atoms with Crippen LogP contribution in [0.2, 0.25) is 5.02 Å². The zero-order valence-electron chi connectivity index (χ0n) is 10.2. The number of hydrogen-bond donors (Lipinski definition) is 1. The second-order valence-electron chi connectivity index (χ2n) is 4.11. The summed E-state index contributed by atoms with van der Waals surface area (Å²) in [4.78, 5) is 16.3. The lowest BCUT2D eigenvalue weighted by atomic mass is 10.1. The summed E-state index contributed by atoms with van der Waals surface area (Å²) >= 11 is 9.64. The molecule has 0 spiro atoms. The minimum Gasteiger partial charge on any atom is -0.351 e. The monoisotopic (exact) mass is 406 g/mol. The minimum atomic E-state index is -0.102. The van der Waals surface area contributed by atoms with Crippen molar-refractivity contribution >= 4 is 51.4 Å². The van der Waals surface area contributed by atoms with Gasteiger partial charge in [-0.15, -0.1) is 11.3 Å². The third-order valence-electron chi connectivity index (χ3n) is 2.61. The standard InChI is InChI=1S/C13H12ClIN2OS/c1-8(13-16-4-5-19-13)7-17-12(18)10-6-9(14)2-3-11(10)15/h2-6,8H,7H2,1H3,(H,17,18). The summed E-state index contributed by atoms with van der Waals surface area (Å²) in [6.07, 6.45) is 1.78. The van der Waals surface area contributed by atoms with E-state index in [1.807, 2.05) is 18.4 Å². The molecule has 0 saturated heterocycles. The molecule has 1 unspecified atom stereocenters. The molecule has 1 heterocycles. The average molecular weight is 407 g/mol. The van der Waals surface area contributed by atoms with Gasteiger partial charge in [0.25, 0.3) is 5.91 Å². The van der Waals surface area contributed by atoms with Gasteiger partial charge in [0, 0.05) is 32.6 Å². The van der Waals surface area contributed by atoms with Crippen molar-refractivity contribution in [3.63, 3.8) is 0 Å². The predicted molar refractivity (Wildman–Crippen MR) is 87.0 cm³/mol. The van der Waals surface area contributed by atoms with Gasteiger partial charge in [-0.3, -0.25) is 4.79 Å². The Bertz CT molecular complexity index is 574. The lowest BCUT2D eigenvalue weighted by Gasteiger charge is -2.11. The van der Waals surface area contributed by atoms with Gasteiger partial charge in [-0.05, 0) is 40.8 Å². The van der Waals surface area contributed by atoms with Gasteiger partial charge in [-0.2, -0.15) is 0 Å². The summed E-state index contributed by atoms with van der Waals surface area (Å²) in [5.41, 5.74) is 0.611. The first-order valence-electron chi connectivity index (χ1n) is 5.70. The Morgan fingerprint density at radius 2 is 2.37 bits per heavy atom. The van der Waals surface area contributed by atoms with Gasteiger partial charge < -0.3 is 5.32 Å². The number of amides is 1. The molecular formula is C13H12ClIN2OS. The van der Waals surface area contributed by atoms with Crippen LogP contribution in [-0.4, -0.2) is 17.4 Å². The first-order valence-corrected chi connectivity index (χ1v) is 8.04. The molecule has 2 aromatic rings. The van der Waals surface area contributed by atoms with Crippen LogP contribution in [0.1, 0.15) is 28.2 Å². The van der Waals surface area contributed by atoms with Gasteiger partial charge in [0.05, 0.1) is 10.6 Å². The van der Waals surface area contributed by atoms with Crippen LogP contribution in [0.5, 0.6) is 0 Å². The Balaban J connectivity index is 2.00. The van der Waals surface area contributed by atoms with Crippen LogP contribution in [0.4, 0.5) is 0 Å². The number of nitrogens with one attached hydrogen (secondary N) is 1. The highest BCUT2D eigenvalue weighted by Gasteiger charge is 2.13. The number of aromatic nitrogens is 1. The zero-order valence-corrected chi connectivity index (χ0v) is 13.9. The topological polar surface area (TPSA) is 42.0 Å². The molecule has 3 nitrogen and oxygen atoms in total. The number of nitrogens with zero attached hydrogens (tertiary/aromatic N) is 1. The Labute approximate surface area is 134 Å². The number of carbonyl (C=O) groups is 1. The van der Waals surface area contributed by atoms with Crippen LogP contribution in [0.3, 0.4) is 0 Å². The van der Waals surface area contributed by atoms with E-state index in [2.05, 4.69) is 32.9 Å². The van der Waals surface area contributed by atoms with E-state index in [-0.39, 0.29) is 11.8 Å². The highest BCUT2D eigenvalue weighted by atomic mass is 127. The summed E-state index contributed by atoms with van der Waals surface area (Å²) in [5, 5.41) is 6.45. The molecule has 1 aromatic carbocycles. The quantitative estimate of drug-likeness (QED) is 0.782. The van der Waals surface area contributed by atoms with E-state index in [1.54, 1.807) is 29.7 Å². The molecule has 0 aliphatic rings. The zero-order chi connectivity index (χ0) is 13.8. The second kappa shape index (κ2) is 6.67. The first-order chi connectivity index (χ1) is 9.08. The van der Waals surface area contributed by atoms with E-state index in [0.717, 1.165) is 8.58 Å². The summed E-state index contributed by atoms with van der Waals surface area (Å²) < 4.78 is 0.890. The van der Waals surface area contributed by atoms with Crippen molar-refractivity contribution in [3.8, 4) is 0 Å². The molecular weight excluding hydrogens is 395 g/mol. The van der Waals surface area contributed by atoms with Crippen molar-refractivity contribution in [3.05, 3.63) is 48.9 Å². The molecule has 6 heteroatoms. The Morgan fingerprint density at radius 1 is 1.58 bits per heavy atom. The van der Waals surface area contributed by atoms with Gasteiger partial charge in [-0.25, -0.2) is 4.98 Å². The third kappa shape index (κ3) is 3.90. The van der Waals surface area contributed by atoms with E-state index in [9.17, 15) is 4.79 Å². The Morgan fingerprint density at radius 3 is 3.05 bits per heavy atom. The van der Waals surface area contributed by atoms with Crippen LogP contribution in [-0.2, 0) is 0 Å². The molecule has 0 aliphatic heterocycles. The van der Waals surface area contributed by atoms with Crippen molar-refractivity contribution in [2.24, 2.45) is 0 Å². The third-order valence-corrected chi connectivity index (χ3v) is 4.80. The summed E-state index contributed by atoms with van der Waals surface area (Å²) in [6.45, 7) is 2.61. The van der Waals surface area contributed by atoms with Crippen LogP contribution in [0.25, 0.3) is 0 Å². The van der Waals surface area contributed by atoms with Crippen LogP contribution < -0.4 is 5.32 Å². The molecule has 2 rings (SSSR count). The van der Waals surface area contributed by atoms with Crippen LogP contribution >= 0.6 is 45.5 Å². The van der Waals surface area contributed by atoms with E-state index in [0.29, 0.717) is 17.1 Å². The maximum Gasteiger partial charge on any atom is 0.252 e. The largest absolute Gasteiger partial charge is 0.351 e. The normalized spacial score (nSPS) is 12.2. The SMILES string of the molecule is CC(CNC(=O)c1cc(Cl)ccc1I)c1nccs1. The second-order valence-corrected chi connectivity index (χ2v) is 6.63. The maximum absolute atomic E-state index is 12.1. The number of thiazole rings is 1. The van der Waals surface area contributed by atoms with Gasteiger partial charge >= 0.3 is 0 Å². The lowest BCUT2D eigenvalue weighted by molar-refractivity contribution is 0.0951. The van der Waals surface area contributed by atoms with Crippen LogP contribution in [0.15, 0.2) is 29.8 Å². The first kappa shape index (κ1) is 14.7. The fourth-order valence-corrected chi connectivity index (χ4v) is 3.03. The van der Waals surface area contributed by atoms with Gasteiger partial charge in [0.15, 0.2) is 0 Å². The predicted octanol–water partition coefficient (Wildman–Crippen LogP) is 3.93. The molecule has 0 fully saturated rings. The average Bonchev–Trinajstić information content (AvgIpc) is 2.92. The number of hydrogen-bond acceptors (Lipinski definition) is 3. The van der Waals surface area contributed by atoms with Crippen molar-refractivity contribution in [2.75, 3.05) is 6.54 Å². The van der Waals surface area contributed by atoms with Gasteiger partial charge in [-0.1, -0.05) is 18.5 Å². The van der Waals surface area contributed by atoms with Gasteiger partial charge in [0.2, 0.25) is 0 Å². The molecule has 0 radical (unpaired) electrons. The van der Waals surface area contributed by atoms with E-state index >= 15 is 0 Å². The van der Waals surface area contributed by atoms with E-state index in [1.165, 1.54) is 0 Å². The van der Waals surface area contributed by atoms with Gasteiger partial charge in [0.1, 0.15) is 0 Å². The number of benzene rings is 1.